The van der Waals surface area contributed by atoms with Crippen molar-refractivity contribution in [2.45, 2.75) is 18.9 Å². The van der Waals surface area contributed by atoms with Crippen LogP contribution in [0.25, 0.3) is 11.1 Å². The molecule has 1 unspecified atom stereocenters. The number of nitrogens with zero attached hydrogens (tertiary/aromatic N) is 4. The summed E-state index contributed by atoms with van der Waals surface area (Å²) < 4.78 is 6.99. The highest BCUT2D eigenvalue weighted by molar-refractivity contribution is 5.84. The van der Waals surface area contributed by atoms with Crippen LogP contribution in [0.15, 0.2) is 54.7 Å². The highest BCUT2D eigenvalue weighted by Gasteiger charge is 2.35. The largest absolute Gasteiger partial charge is 0.476 e. The summed E-state index contributed by atoms with van der Waals surface area (Å²) in [5, 5.41) is 19.0. The number of fused-ring (bicyclic) bond motifs is 3. The summed E-state index contributed by atoms with van der Waals surface area (Å²) in [7, 11) is 0. The summed E-state index contributed by atoms with van der Waals surface area (Å²) >= 11 is 0. The van der Waals surface area contributed by atoms with Gasteiger partial charge < -0.3 is 20.1 Å². The molecule has 2 N–H and O–H groups in total. The van der Waals surface area contributed by atoms with E-state index in [2.05, 4.69) is 39.9 Å². The first-order chi connectivity index (χ1) is 16.9. The lowest BCUT2D eigenvalue weighted by molar-refractivity contribution is -0.140. The van der Waals surface area contributed by atoms with Gasteiger partial charge >= 0.3 is 12.1 Å². The predicted octanol–water partition coefficient (Wildman–Crippen LogP) is 2.53. The first-order valence-electron chi connectivity index (χ1n) is 11.4. The second-order valence-corrected chi connectivity index (χ2v) is 8.89. The van der Waals surface area contributed by atoms with Gasteiger partial charge in [-0.25, -0.2) is 14.3 Å². The minimum Gasteiger partial charge on any atom is -0.476 e. The van der Waals surface area contributed by atoms with Gasteiger partial charge in [0, 0.05) is 25.6 Å². The molecule has 5 rings (SSSR count). The zero-order chi connectivity index (χ0) is 24.5. The van der Waals surface area contributed by atoms with E-state index in [1.54, 1.807) is 11.8 Å². The van der Waals surface area contributed by atoms with Gasteiger partial charge in [-0.05, 0) is 22.3 Å². The van der Waals surface area contributed by atoms with Crippen molar-refractivity contribution in [3.63, 3.8) is 0 Å². The zero-order valence-corrected chi connectivity index (χ0v) is 19.1. The van der Waals surface area contributed by atoms with Gasteiger partial charge in [0.1, 0.15) is 6.61 Å². The number of amides is 2. The molecular weight excluding hydrogens is 450 g/mol. The summed E-state index contributed by atoms with van der Waals surface area (Å²) in [6.07, 6.45) is 0.800. The molecule has 180 valence electrons. The SMILES string of the molecule is CC(CNC(=O)OCC1c2ccccc2-c2ccccc21)C(=O)N1CC(n2cc(C(=O)O)nn2)C1. The molecule has 0 saturated carbocycles. The number of alkyl carbamates (subject to hydrolysis) is 1. The number of benzene rings is 2. The summed E-state index contributed by atoms with van der Waals surface area (Å²) in [4.78, 5) is 37.6. The highest BCUT2D eigenvalue weighted by Crippen LogP contribution is 2.44. The van der Waals surface area contributed by atoms with Crippen LogP contribution >= 0.6 is 0 Å². The Morgan fingerprint density at radius 3 is 2.31 bits per heavy atom. The van der Waals surface area contributed by atoms with E-state index in [1.165, 1.54) is 10.9 Å². The van der Waals surface area contributed by atoms with E-state index in [9.17, 15) is 14.4 Å². The van der Waals surface area contributed by atoms with E-state index >= 15 is 0 Å². The van der Waals surface area contributed by atoms with Crippen LogP contribution in [0.4, 0.5) is 4.79 Å². The second-order valence-electron chi connectivity index (χ2n) is 8.89. The Balaban J connectivity index is 1.09. The van der Waals surface area contributed by atoms with Crippen LogP contribution in [-0.2, 0) is 9.53 Å². The van der Waals surface area contributed by atoms with Crippen LogP contribution in [0.1, 0.15) is 40.5 Å². The van der Waals surface area contributed by atoms with Crippen LogP contribution in [0.5, 0.6) is 0 Å². The summed E-state index contributed by atoms with van der Waals surface area (Å²) in [5.74, 6) is -1.69. The van der Waals surface area contributed by atoms with Crippen molar-refractivity contribution in [2.75, 3.05) is 26.2 Å². The Morgan fingerprint density at radius 2 is 1.71 bits per heavy atom. The number of carbonyl (C=O) groups excluding carboxylic acids is 2. The monoisotopic (exact) mass is 475 g/mol. The molecule has 1 fully saturated rings. The van der Waals surface area contributed by atoms with Crippen molar-refractivity contribution in [1.29, 1.82) is 0 Å². The van der Waals surface area contributed by atoms with Gasteiger partial charge in [0.15, 0.2) is 5.69 Å². The first kappa shape index (κ1) is 22.6. The molecule has 3 aromatic rings. The van der Waals surface area contributed by atoms with E-state index < -0.39 is 18.0 Å². The first-order valence-corrected chi connectivity index (χ1v) is 11.4. The number of hydrogen-bond acceptors (Lipinski definition) is 6. The molecule has 1 aromatic heterocycles. The molecule has 1 aliphatic heterocycles. The van der Waals surface area contributed by atoms with Gasteiger partial charge in [-0.15, -0.1) is 5.10 Å². The smallest absolute Gasteiger partial charge is 0.407 e. The minimum absolute atomic E-state index is 0.0244. The average Bonchev–Trinajstić information content (AvgIpc) is 3.44. The summed E-state index contributed by atoms with van der Waals surface area (Å²) in [6, 6.07) is 16.1. The van der Waals surface area contributed by atoms with Gasteiger partial charge in [0.05, 0.1) is 18.2 Å². The maximum Gasteiger partial charge on any atom is 0.407 e. The number of aromatic carboxylic acids is 1. The van der Waals surface area contributed by atoms with Crippen molar-refractivity contribution in [3.8, 4) is 11.1 Å². The number of nitrogens with one attached hydrogen (secondary N) is 1. The molecule has 0 bridgehead atoms. The van der Waals surface area contributed by atoms with Crippen molar-refractivity contribution in [3.05, 3.63) is 71.5 Å². The number of carboxylic acids is 1. The van der Waals surface area contributed by atoms with Crippen LogP contribution in [0.3, 0.4) is 0 Å². The molecule has 1 atom stereocenters. The molecule has 2 amide bonds. The highest BCUT2D eigenvalue weighted by atomic mass is 16.5. The Morgan fingerprint density at radius 1 is 1.09 bits per heavy atom. The molecule has 10 heteroatoms. The van der Waals surface area contributed by atoms with Crippen molar-refractivity contribution < 1.29 is 24.2 Å². The maximum atomic E-state index is 12.7. The van der Waals surface area contributed by atoms with Crippen LogP contribution in [-0.4, -0.2) is 69.2 Å². The van der Waals surface area contributed by atoms with Crippen LogP contribution in [0, 0.1) is 5.92 Å². The quantitative estimate of drug-likeness (QED) is 0.538. The number of ether oxygens (including phenoxy) is 1. The zero-order valence-electron chi connectivity index (χ0n) is 19.1. The Kier molecular flexibility index (Phi) is 5.94. The molecule has 2 heterocycles. The third kappa shape index (κ3) is 4.34. The maximum absolute atomic E-state index is 12.7. The van der Waals surface area contributed by atoms with Crippen molar-refractivity contribution in [1.82, 2.24) is 25.2 Å². The van der Waals surface area contributed by atoms with Crippen LogP contribution in [0.2, 0.25) is 0 Å². The molecule has 1 saturated heterocycles. The number of carboxylic acid groups (broad SMARTS) is 1. The van der Waals surface area contributed by atoms with Crippen molar-refractivity contribution in [2.24, 2.45) is 5.92 Å². The van der Waals surface area contributed by atoms with Gasteiger partial charge in [0.2, 0.25) is 5.91 Å². The number of carbonyl (C=O) groups is 3. The number of hydrogen-bond donors (Lipinski definition) is 2. The summed E-state index contributed by atoms with van der Waals surface area (Å²) in [6.45, 7) is 2.94. The molecule has 35 heavy (non-hydrogen) atoms. The lowest BCUT2D eigenvalue weighted by atomic mass is 9.98. The third-order valence-electron chi connectivity index (χ3n) is 6.60. The molecule has 0 radical (unpaired) electrons. The molecule has 2 aliphatic rings. The number of likely N-dealkylation sites (tertiary alicyclic amines) is 1. The van der Waals surface area contributed by atoms with Gasteiger partial charge in [-0.3, -0.25) is 4.79 Å². The average molecular weight is 476 g/mol. The van der Waals surface area contributed by atoms with Gasteiger partial charge in [-0.1, -0.05) is 60.7 Å². The molecule has 0 spiro atoms. The Labute approximate surface area is 201 Å². The molecule has 10 nitrogen and oxygen atoms in total. The normalized spacial score (nSPS) is 15.6. The molecule has 1 aliphatic carbocycles. The molecule has 2 aromatic carbocycles. The van der Waals surface area contributed by atoms with E-state index in [4.69, 9.17) is 9.84 Å². The second kappa shape index (κ2) is 9.21. The van der Waals surface area contributed by atoms with Crippen LogP contribution < -0.4 is 5.32 Å². The fraction of sp³-hybridized carbons (Fsp3) is 0.320. The fourth-order valence-corrected chi connectivity index (χ4v) is 4.64. The van der Waals surface area contributed by atoms with E-state index in [1.807, 2.05) is 24.3 Å². The lowest BCUT2D eigenvalue weighted by Gasteiger charge is -2.40. The lowest BCUT2D eigenvalue weighted by Crippen LogP contribution is -2.53. The van der Waals surface area contributed by atoms with E-state index in [-0.39, 0.29) is 36.7 Å². The predicted molar refractivity (Wildman–Crippen MR) is 125 cm³/mol. The molecular formula is C25H25N5O5. The topological polar surface area (TPSA) is 127 Å². The van der Waals surface area contributed by atoms with Crippen molar-refractivity contribution >= 4 is 18.0 Å². The third-order valence-corrected chi connectivity index (χ3v) is 6.60. The summed E-state index contributed by atoms with van der Waals surface area (Å²) in [5.41, 5.74) is 4.47. The number of aromatic nitrogens is 3. The van der Waals surface area contributed by atoms with E-state index in [0.717, 1.165) is 22.3 Å². The van der Waals surface area contributed by atoms with Gasteiger partial charge in [0.25, 0.3) is 0 Å². The Bertz CT molecular complexity index is 1240. The minimum atomic E-state index is -1.14. The van der Waals surface area contributed by atoms with Gasteiger partial charge in [-0.2, -0.15) is 0 Å². The standard InChI is InChI=1S/C25H25N5O5/c1-15(23(31)29-11-16(12-29)30-13-22(24(32)33)27-28-30)10-26-25(34)35-14-21-19-8-4-2-6-17(19)18-7-3-5-9-20(18)21/h2-9,13,15-16,21H,10-12,14H2,1H3,(H,26,34)(H,32,33). The van der Waals surface area contributed by atoms with E-state index in [0.29, 0.717) is 13.1 Å². The Hall–Kier alpha value is -4.21. The fourth-order valence-electron chi connectivity index (χ4n) is 4.64. The number of rotatable bonds is 7.